The van der Waals surface area contributed by atoms with Gasteiger partial charge >= 0.3 is 47.8 Å². The molecule has 24 heteroatoms. The molecule has 0 aliphatic heterocycles. The van der Waals surface area contributed by atoms with Crippen molar-refractivity contribution in [1.82, 2.24) is 0 Å². The number of halogens is 1. The Bertz CT molecular complexity index is 6120. The minimum atomic E-state index is -0.566. The topological polar surface area (TPSA) is 297 Å². The average Bonchev–Trinajstić information content (AvgIpc) is 1.60. The number of nitriles is 1. The Morgan fingerprint density at radius 1 is 0.329 bits per heavy atom. The van der Waals surface area contributed by atoms with E-state index in [9.17, 15) is 43.6 Å². The summed E-state index contributed by atoms with van der Waals surface area (Å²) in [5.41, 5.74) is 15.5. The monoisotopic (exact) mass is 2110 g/mol. The Hall–Kier alpha value is -17.2. The third-order valence-electron chi connectivity index (χ3n) is 19.8. The molecule has 2 aliphatic rings. The second-order valence-corrected chi connectivity index (χ2v) is 31.0. The molecule has 0 aromatic heterocycles. The van der Waals surface area contributed by atoms with E-state index in [1.165, 1.54) is 3.57 Å². The molecule has 2 N–H and O–H groups in total. The van der Waals surface area contributed by atoms with Gasteiger partial charge in [-0.3, -0.25) is 0 Å². The van der Waals surface area contributed by atoms with E-state index in [-0.39, 0.29) is 46.9 Å². The van der Waals surface area contributed by atoms with Crippen LogP contribution in [0, 0.1) is 63.4 Å². The van der Waals surface area contributed by atoms with Crippen molar-refractivity contribution >= 4 is 76.0 Å². The summed E-state index contributed by atoms with van der Waals surface area (Å²) in [6.07, 6.45) is 12.4. The van der Waals surface area contributed by atoms with E-state index in [1.54, 1.807) is 170 Å². The molecule has 143 heavy (non-hydrogen) atoms. The summed E-state index contributed by atoms with van der Waals surface area (Å²) in [5, 5.41) is 9.23. The van der Waals surface area contributed by atoms with Crippen molar-refractivity contribution in [3.05, 3.63) is 474 Å². The molecule has 0 heterocycles. The fourth-order valence-electron chi connectivity index (χ4n) is 13.0. The number of hydrogen-bond donors (Lipinski definition) is 1. The van der Waals surface area contributed by atoms with Crippen LogP contribution in [0.5, 0.6) is 46.0 Å². The zero-order valence-corrected chi connectivity index (χ0v) is 81.3. The first-order valence-electron chi connectivity index (χ1n) is 44.5. The number of carbonyl (C=O) groups is 8. The molecule has 14 aromatic carbocycles. The van der Waals surface area contributed by atoms with Crippen LogP contribution in [0.3, 0.4) is 0 Å². The zero-order valence-electron chi connectivity index (χ0n) is 77.6. The molecule has 0 unspecified atom stereocenters. The number of terminal acetylenes is 1. The van der Waals surface area contributed by atoms with Crippen LogP contribution < -0.4 is 43.6 Å². The van der Waals surface area contributed by atoms with Gasteiger partial charge in [0, 0.05) is 85.2 Å². The Morgan fingerprint density at radius 2 is 0.573 bits per heavy atom. The smallest absolute Gasteiger partial charge is 0.343 e. The molecule has 0 fully saturated rings. The Labute approximate surface area is 859 Å². The van der Waals surface area contributed by atoms with Crippen molar-refractivity contribution in [2.45, 2.75) is 37.5 Å². The number of benzene rings is 14. The molecule has 0 saturated carbocycles. The van der Waals surface area contributed by atoms with Gasteiger partial charge in [0.15, 0.2) is 0 Å². The van der Waals surface area contributed by atoms with Crippen LogP contribution in [-0.4, -0.2) is 101 Å². The quantitative estimate of drug-likeness (QED) is 0.00391. The van der Waals surface area contributed by atoms with Crippen molar-refractivity contribution in [1.29, 1.82) is 5.26 Å². The number of fused-ring (bicyclic) bond motifs is 6. The van der Waals surface area contributed by atoms with Gasteiger partial charge < -0.3 is 62.6 Å². The van der Waals surface area contributed by atoms with Gasteiger partial charge in [0.05, 0.1) is 98.6 Å². The number of ether oxygens (including phenoxy) is 12. The average molecular weight is 2110 g/mol. The van der Waals surface area contributed by atoms with Crippen LogP contribution in [0.1, 0.15) is 112 Å². The predicted molar refractivity (Wildman–Crippen MR) is 550 cm³/mol. The van der Waals surface area contributed by atoms with Crippen molar-refractivity contribution in [3.8, 4) is 98.5 Å². The van der Waals surface area contributed by atoms with E-state index < -0.39 is 59.6 Å². The van der Waals surface area contributed by atoms with E-state index in [1.807, 2.05) is 170 Å². The molecule has 2 aliphatic carbocycles. The van der Waals surface area contributed by atoms with Crippen LogP contribution >= 0.6 is 22.6 Å². The number of anilines is 1. The Balaban J connectivity index is 0.000000241. The molecular formula is C119H97IN2O20Pd-4. The second kappa shape index (κ2) is 61.2. The molecule has 14 aromatic rings. The van der Waals surface area contributed by atoms with Crippen LogP contribution in [0.4, 0.5) is 5.69 Å². The van der Waals surface area contributed by atoms with Gasteiger partial charge in [-0.15, -0.1) is 6.42 Å². The maximum Gasteiger partial charge on any atom is 0.343 e. The third-order valence-corrected chi connectivity index (χ3v) is 20.6. The van der Waals surface area contributed by atoms with Crippen LogP contribution in [0.15, 0.2) is 390 Å². The summed E-state index contributed by atoms with van der Waals surface area (Å²) >= 11 is 2.24. The Morgan fingerprint density at radius 3 is 0.790 bits per heavy atom. The van der Waals surface area contributed by atoms with Crippen molar-refractivity contribution in [2.24, 2.45) is 0 Å². The summed E-state index contributed by atoms with van der Waals surface area (Å²) < 4.78 is 66.5. The molecule has 22 nitrogen and oxygen atoms in total. The molecule has 0 spiro atoms. The van der Waals surface area contributed by atoms with E-state index in [0.717, 1.165) is 74.5 Å². The summed E-state index contributed by atoms with van der Waals surface area (Å²) in [6.45, 7) is 15.5. The van der Waals surface area contributed by atoms with Gasteiger partial charge in [0.1, 0.15) is 46.0 Å². The Kier molecular flexibility index (Phi) is 46.8. The van der Waals surface area contributed by atoms with Gasteiger partial charge in [-0.2, -0.15) is 151 Å². The van der Waals surface area contributed by atoms with Crippen LogP contribution in [-0.2, 0) is 58.5 Å². The summed E-state index contributed by atoms with van der Waals surface area (Å²) in [6, 6.07) is 114. The number of nitrogens with zero attached hydrogens (tertiary/aromatic N) is 1. The number of esters is 8. The number of carbonyl (C=O) groups excluding carboxylic acids is 8. The standard InChI is InChI=1S/C48H37NO10.C41H34O10.C6H6IN.4C6H5.Pd/c1-3-45(50)56-27-5-25-54-36-16-12-34(13-17-36)47(52)58-38-20-23-40-41-24-21-39(30-44(41)42(43(40)29-38)22-11-32-7-9-33(31-49)10-8-32)59-48(53)35-14-18-37(19-15-35)55-26-6-28-57-46(51)4-2;1-4-33-36-25-31(50-40(44)27-9-13-29(14-10-27)46-21-7-23-48-38(42)5-2)17-19-34(36)35-20-18-32(26-37(33)35)51-41(45)28-11-15-30(16-12-28)47-22-8-24-49-39(43)6-3;7-5-1-3-6(8)4-2-5;4*1-2-4-6-5-3-1;/h3-4,7-10,12-21,23-24,29-30,42H,1-2,5-6,25-28H2;1,5-6,9-20,25-26,33H,2-3,7-8,21-24H2;1-4H,8H2;4*1-5H;/q;;;4*-1;. The van der Waals surface area contributed by atoms with E-state index in [4.69, 9.17) is 69.0 Å². The molecule has 0 amide bonds. The molecule has 0 radical (unpaired) electrons. The van der Waals surface area contributed by atoms with E-state index in [2.05, 4.69) is 97.0 Å². The van der Waals surface area contributed by atoms with E-state index in [0.29, 0.717) is 131 Å². The number of hydrogen-bond acceptors (Lipinski definition) is 22. The first-order valence-corrected chi connectivity index (χ1v) is 45.6. The minimum absolute atomic E-state index is 0. The van der Waals surface area contributed by atoms with Gasteiger partial charge in [-0.1, -0.05) is 68.3 Å². The molecule has 0 saturated heterocycles. The summed E-state index contributed by atoms with van der Waals surface area (Å²) in [4.78, 5) is 96.9. The summed E-state index contributed by atoms with van der Waals surface area (Å²) in [5.74, 6) is 7.73. The number of nitrogens with two attached hydrogens (primary N) is 1. The van der Waals surface area contributed by atoms with Gasteiger partial charge in [-0.05, 0) is 261 Å². The normalized spacial score (nSPS) is 10.4. The largest absolute Gasteiger partial charge is 0.493 e. The molecule has 16 rings (SSSR count). The van der Waals surface area contributed by atoms with Crippen LogP contribution in [0.2, 0.25) is 0 Å². The number of rotatable bonds is 32. The second-order valence-electron chi connectivity index (χ2n) is 29.8. The van der Waals surface area contributed by atoms with E-state index >= 15 is 0 Å². The van der Waals surface area contributed by atoms with Gasteiger partial charge in [0.2, 0.25) is 0 Å². The minimum Gasteiger partial charge on any atom is -0.493 e. The van der Waals surface area contributed by atoms with Crippen molar-refractivity contribution < 1.29 is 116 Å². The molecular weight excluding hydrogens is 2010 g/mol. The first-order chi connectivity index (χ1) is 69.3. The molecule has 0 atom stereocenters. The fraction of sp³-hybridized carbons (Fsp3) is 0.118. The maximum absolute atomic E-state index is 13.2. The fourth-order valence-corrected chi connectivity index (χ4v) is 13.3. The number of nitrogen functional groups attached to an aromatic ring is 1. The third kappa shape index (κ3) is 37.6. The zero-order chi connectivity index (χ0) is 101. The van der Waals surface area contributed by atoms with Crippen molar-refractivity contribution in [2.75, 3.05) is 58.6 Å². The SMILES string of the molecule is C#CC1c2cc(OC(=O)c3ccc(OCCCOC(=O)C=C)cc3)ccc2-c2ccc(OC(=O)c3ccc(OCCCOC(=O)C=C)cc3)cc21.C=CC(=O)OCCCOc1ccc(C(=O)Oc2ccc3c(c2)C(C#Cc2ccc(C#N)cc2)c2cc(OC(=O)c4ccc(OCCCOC(=O)C=C)cc4)ccc2-3)cc1.Nc1ccc(I)cc1.[Pd].[c-]1ccccc1.[c-]1ccccc1.[c-]1ccccc1.[c-]1ccccc1. The summed E-state index contributed by atoms with van der Waals surface area (Å²) in [7, 11) is 0. The predicted octanol–water partition coefficient (Wildman–Crippen LogP) is 22.8. The van der Waals surface area contributed by atoms with Crippen LogP contribution in [0.25, 0.3) is 22.3 Å². The van der Waals surface area contributed by atoms with Gasteiger partial charge in [-0.25, -0.2) is 38.4 Å². The maximum atomic E-state index is 13.2. The molecule has 0 bridgehead atoms. The first kappa shape index (κ1) is 109. The molecule has 724 valence electrons. The van der Waals surface area contributed by atoms with Crippen molar-refractivity contribution in [3.63, 3.8) is 0 Å². The van der Waals surface area contributed by atoms with Gasteiger partial charge in [0.25, 0.3) is 0 Å².